The Bertz CT molecular complexity index is 536. The third-order valence-corrected chi connectivity index (χ3v) is 3.84. The molecule has 0 unspecified atom stereocenters. The van der Waals surface area contributed by atoms with Crippen LogP contribution in [-0.2, 0) is 13.0 Å². The van der Waals surface area contributed by atoms with Crippen molar-refractivity contribution in [1.82, 2.24) is 5.32 Å². The molecular weight excluding hydrogens is 246 g/mol. The summed E-state index contributed by atoms with van der Waals surface area (Å²) in [6.45, 7) is 5.23. The first-order valence-electron chi connectivity index (χ1n) is 7.14. The molecule has 2 nitrogen and oxygen atoms in total. The van der Waals surface area contributed by atoms with E-state index in [2.05, 4.69) is 49.5 Å². The molecule has 106 valence electrons. The summed E-state index contributed by atoms with van der Waals surface area (Å²) < 4.78 is 0. The Morgan fingerprint density at radius 2 is 1.75 bits per heavy atom. The molecule has 2 rings (SSSR count). The lowest BCUT2D eigenvalue weighted by Gasteiger charge is -2.18. The van der Waals surface area contributed by atoms with Crippen molar-refractivity contribution in [2.75, 3.05) is 6.61 Å². The fourth-order valence-corrected chi connectivity index (χ4v) is 2.36. The third-order valence-electron chi connectivity index (χ3n) is 3.84. The number of aliphatic hydroxyl groups excluding tert-OH is 1. The molecular formula is C18H23NO. The number of aryl methyl sites for hydroxylation is 1. The number of aliphatic hydroxyl groups is 1. The lowest BCUT2D eigenvalue weighted by molar-refractivity contribution is 0.240. The Balaban J connectivity index is 1.95. The largest absolute Gasteiger partial charge is 0.395 e. The third kappa shape index (κ3) is 3.92. The Morgan fingerprint density at radius 3 is 2.45 bits per heavy atom. The van der Waals surface area contributed by atoms with Gasteiger partial charge in [-0.2, -0.15) is 0 Å². The molecule has 0 fully saturated rings. The molecule has 2 aromatic carbocycles. The summed E-state index contributed by atoms with van der Waals surface area (Å²) in [6, 6.07) is 16.7. The molecule has 0 aliphatic rings. The summed E-state index contributed by atoms with van der Waals surface area (Å²) >= 11 is 0. The molecule has 0 aliphatic carbocycles. The fraction of sp³-hybridized carbons (Fsp3) is 0.333. The Morgan fingerprint density at radius 1 is 1.00 bits per heavy atom. The van der Waals surface area contributed by atoms with Gasteiger partial charge in [0, 0.05) is 12.6 Å². The molecule has 0 bridgehead atoms. The molecule has 0 aromatic heterocycles. The molecule has 0 aliphatic heterocycles. The summed E-state index contributed by atoms with van der Waals surface area (Å²) in [7, 11) is 0. The average molecular weight is 269 g/mol. The number of hydrogen-bond acceptors (Lipinski definition) is 2. The molecule has 0 heterocycles. The second kappa shape index (κ2) is 7.22. The number of benzene rings is 2. The van der Waals surface area contributed by atoms with Gasteiger partial charge in [-0.15, -0.1) is 0 Å². The van der Waals surface area contributed by atoms with Crippen molar-refractivity contribution in [3.63, 3.8) is 0 Å². The van der Waals surface area contributed by atoms with Gasteiger partial charge in [0.25, 0.3) is 0 Å². The van der Waals surface area contributed by atoms with E-state index in [0.29, 0.717) is 0 Å². The first-order chi connectivity index (χ1) is 9.70. The van der Waals surface area contributed by atoms with Gasteiger partial charge in [-0.1, -0.05) is 48.5 Å². The van der Waals surface area contributed by atoms with Crippen LogP contribution in [0.5, 0.6) is 0 Å². The zero-order chi connectivity index (χ0) is 14.4. The molecule has 2 heteroatoms. The van der Waals surface area contributed by atoms with Crippen LogP contribution < -0.4 is 5.32 Å². The first kappa shape index (κ1) is 14.8. The van der Waals surface area contributed by atoms with Crippen LogP contribution in [0.1, 0.15) is 22.3 Å². The van der Waals surface area contributed by atoms with E-state index in [0.717, 1.165) is 13.0 Å². The molecule has 20 heavy (non-hydrogen) atoms. The fourth-order valence-electron chi connectivity index (χ4n) is 2.36. The van der Waals surface area contributed by atoms with E-state index in [1.807, 2.05) is 18.2 Å². The summed E-state index contributed by atoms with van der Waals surface area (Å²) in [5.74, 6) is 0. The predicted octanol–water partition coefficient (Wildman–Crippen LogP) is 3.00. The SMILES string of the molecule is Cc1cccc(CN[C@H](CO)Cc2ccccc2)c1C. The van der Waals surface area contributed by atoms with Crippen LogP contribution in [0.15, 0.2) is 48.5 Å². The van der Waals surface area contributed by atoms with E-state index < -0.39 is 0 Å². The minimum atomic E-state index is 0.0947. The first-order valence-corrected chi connectivity index (χ1v) is 7.14. The zero-order valence-electron chi connectivity index (χ0n) is 12.3. The molecule has 0 spiro atoms. The van der Waals surface area contributed by atoms with Gasteiger partial charge in [0.2, 0.25) is 0 Å². The minimum absolute atomic E-state index is 0.0947. The smallest absolute Gasteiger partial charge is 0.0587 e. The maximum absolute atomic E-state index is 9.53. The molecule has 0 radical (unpaired) electrons. The second-order valence-electron chi connectivity index (χ2n) is 5.31. The van der Waals surface area contributed by atoms with E-state index in [1.54, 1.807) is 0 Å². The van der Waals surface area contributed by atoms with Crippen LogP contribution in [0.3, 0.4) is 0 Å². The van der Waals surface area contributed by atoms with E-state index in [4.69, 9.17) is 0 Å². The average Bonchev–Trinajstić information content (AvgIpc) is 2.48. The number of nitrogens with one attached hydrogen (secondary N) is 1. The van der Waals surface area contributed by atoms with Crippen molar-refractivity contribution in [3.05, 3.63) is 70.8 Å². The summed E-state index contributed by atoms with van der Waals surface area (Å²) in [6.07, 6.45) is 0.849. The molecule has 0 saturated carbocycles. The van der Waals surface area contributed by atoms with Crippen molar-refractivity contribution in [1.29, 1.82) is 0 Å². The summed E-state index contributed by atoms with van der Waals surface area (Å²) in [5, 5.41) is 13.0. The highest BCUT2D eigenvalue weighted by atomic mass is 16.3. The van der Waals surface area contributed by atoms with Gasteiger partial charge < -0.3 is 10.4 Å². The molecule has 1 atom stereocenters. The quantitative estimate of drug-likeness (QED) is 0.845. The highest BCUT2D eigenvalue weighted by Gasteiger charge is 2.09. The predicted molar refractivity (Wildman–Crippen MR) is 83.8 cm³/mol. The Kier molecular flexibility index (Phi) is 5.33. The van der Waals surface area contributed by atoms with Crippen LogP contribution in [-0.4, -0.2) is 17.8 Å². The molecule has 2 aromatic rings. The highest BCUT2D eigenvalue weighted by Crippen LogP contribution is 2.13. The van der Waals surface area contributed by atoms with Crippen molar-refractivity contribution in [3.8, 4) is 0 Å². The van der Waals surface area contributed by atoms with Gasteiger partial charge >= 0.3 is 0 Å². The van der Waals surface area contributed by atoms with Crippen LogP contribution in [0.4, 0.5) is 0 Å². The second-order valence-corrected chi connectivity index (χ2v) is 5.31. The van der Waals surface area contributed by atoms with E-state index in [-0.39, 0.29) is 12.6 Å². The zero-order valence-corrected chi connectivity index (χ0v) is 12.3. The number of rotatable bonds is 6. The van der Waals surface area contributed by atoms with Gasteiger partial charge in [0.05, 0.1) is 6.61 Å². The Hall–Kier alpha value is -1.64. The topological polar surface area (TPSA) is 32.3 Å². The maximum Gasteiger partial charge on any atom is 0.0587 e. The maximum atomic E-state index is 9.53. The van der Waals surface area contributed by atoms with Crippen LogP contribution >= 0.6 is 0 Å². The monoisotopic (exact) mass is 269 g/mol. The van der Waals surface area contributed by atoms with Crippen LogP contribution in [0, 0.1) is 13.8 Å². The van der Waals surface area contributed by atoms with Crippen molar-refractivity contribution < 1.29 is 5.11 Å². The lowest BCUT2D eigenvalue weighted by Crippen LogP contribution is -2.34. The van der Waals surface area contributed by atoms with E-state index in [9.17, 15) is 5.11 Å². The van der Waals surface area contributed by atoms with Crippen molar-refractivity contribution >= 4 is 0 Å². The van der Waals surface area contributed by atoms with Crippen LogP contribution in [0.25, 0.3) is 0 Å². The van der Waals surface area contributed by atoms with E-state index >= 15 is 0 Å². The highest BCUT2D eigenvalue weighted by molar-refractivity contribution is 5.33. The van der Waals surface area contributed by atoms with Crippen LogP contribution in [0.2, 0.25) is 0 Å². The summed E-state index contributed by atoms with van der Waals surface area (Å²) in [4.78, 5) is 0. The van der Waals surface area contributed by atoms with Gasteiger partial charge in [-0.25, -0.2) is 0 Å². The molecule has 2 N–H and O–H groups in total. The lowest BCUT2D eigenvalue weighted by atomic mass is 10.0. The number of hydrogen-bond donors (Lipinski definition) is 2. The Labute approximate surface area is 121 Å². The van der Waals surface area contributed by atoms with E-state index in [1.165, 1.54) is 22.3 Å². The minimum Gasteiger partial charge on any atom is -0.395 e. The summed E-state index contributed by atoms with van der Waals surface area (Å²) in [5.41, 5.74) is 5.20. The molecule has 0 saturated heterocycles. The van der Waals surface area contributed by atoms with Gasteiger partial charge in [-0.3, -0.25) is 0 Å². The van der Waals surface area contributed by atoms with Gasteiger partial charge in [-0.05, 0) is 42.5 Å². The van der Waals surface area contributed by atoms with Crippen molar-refractivity contribution in [2.24, 2.45) is 0 Å². The normalized spacial score (nSPS) is 12.3. The standard InChI is InChI=1S/C18H23NO/c1-14-7-6-10-17(15(14)2)12-19-18(13-20)11-16-8-4-3-5-9-16/h3-10,18-20H,11-13H2,1-2H3/t18-/m0/s1. The van der Waals surface area contributed by atoms with Crippen molar-refractivity contribution in [2.45, 2.75) is 32.9 Å². The van der Waals surface area contributed by atoms with Gasteiger partial charge in [0.1, 0.15) is 0 Å². The molecule has 0 amide bonds. The van der Waals surface area contributed by atoms with Gasteiger partial charge in [0.15, 0.2) is 0 Å².